The Balaban J connectivity index is 0. The van der Waals surface area contributed by atoms with Gasteiger partial charge < -0.3 is 0 Å². The Morgan fingerprint density at radius 1 is 1.25 bits per heavy atom. The Labute approximate surface area is 76.3 Å². The van der Waals surface area contributed by atoms with Gasteiger partial charge in [0.15, 0.2) is 0 Å². The van der Waals surface area contributed by atoms with Crippen molar-refractivity contribution in [2.24, 2.45) is 0 Å². The van der Waals surface area contributed by atoms with Gasteiger partial charge in [0.2, 0.25) is 0 Å². The quantitative estimate of drug-likeness (QED) is 0.606. The average Bonchev–Trinajstić information content (AvgIpc) is 1.88. The second kappa shape index (κ2) is 8.51. The molecule has 0 rings (SSSR count). The highest BCUT2D eigenvalue weighted by Crippen LogP contribution is 2.02. The van der Waals surface area contributed by atoms with Crippen molar-refractivity contribution in [3.05, 3.63) is 6.58 Å². The molecule has 0 amide bonds. The van der Waals surface area contributed by atoms with Crippen molar-refractivity contribution in [2.75, 3.05) is 6.54 Å². The number of rotatable bonds is 3. The molecular weight excluding hydrogens is 150 g/mol. The summed E-state index contributed by atoms with van der Waals surface area (Å²) in [4.78, 5) is 11.0. The van der Waals surface area contributed by atoms with E-state index in [4.69, 9.17) is 4.79 Å². The van der Waals surface area contributed by atoms with E-state index >= 15 is 0 Å². The maximum Gasteiger partial charge on any atom is 0.116 e. The zero-order valence-electron chi connectivity index (χ0n) is 8.92. The molecule has 0 unspecified atom stereocenters. The Morgan fingerprint density at radius 2 is 1.50 bits per heavy atom. The second-order valence-corrected chi connectivity index (χ2v) is 3.16. The molecule has 2 nitrogen and oxygen atoms in total. The molecule has 0 aliphatic heterocycles. The molecule has 0 saturated heterocycles. The van der Waals surface area contributed by atoms with Crippen LogP contribution in [0.2, 0.25) is 0 Å². The van der Waals surface area contributed by atoms with Crippen molar-refractivity contribution in [2.45, 2.75) is 46.7 Å². The molecule has 0 aromatic rings. The molecule has 0 aliphatic rings. The lowest BCUT2D eigenvalue weighted by atomic mass is 10.2. The lowest BCUT2D eigenvalue weighted by Gasteiger charge is -2.28. The topological polar surface area (TPSA) is 20.3 Å². The van der Waals surface area contributed by atoms with Crippen LogP contribution in [0.4, 0.5) is 0 Å². The summed E-state index contributed by atoms with van der Waals surface area (Å²) in [6.45, 7) is 15.0. The first-order chi connectivity index (χ1) is 5.51. The molecular formula is C10H21NO. The molecule has 0 heterocycles. The van der Waals surface area contributed by atoms with Crippen LogP contribution >= 0.6 is 0 Å². The maximum atomic E-state index is 8.57. The first-order valence-electron chi connectivity index (χ1n) is 4.41. The average molecular weight is 171 g/mol. The predicted molar refractivity (Wildman–Crippen MR) is 54.0 cm³/mol. The minimum atomic E-state index is 0.690. The molecule has 72 valence electrons. The van der Waals surface area contributed by atoms with Crippen LogP contribution in [0.5, 0.6) is 0 Å². The zero-order valence-corrected chi connectivity index (χ0v) is 8.92. The van der Waals surface area contributed by atoms with Gasteiger partial charge in [-0.05, 0) is 40.8 Å². The molecule has 0 bridgehead atoms. The van der Waals surface area contributed by atoms with Gasteiger partial charge in [-0.15, -0.1) is 0 Å². The van der Waals surface area contributed by atoms with Crippen molar-refractivity contribution in [1.82, 2.24) is 4.90 Å². The van der Waals surface area contributed by atoms with Crippen molar-refractivity contribution in [3.63, 3.8) is 0 Å². The van der Waals surface area contributed by atoms with Crippen LogP contribution in [0, 0.1) is 0 Å². The Hall–Kier alpha value is -0.590. The van der Waals surface area contributed by atoms with Crippen LogP contribution in [0.15, 0.2) is 6.58 Å². The third-order valence-electron chi connectivity index (χ3n) is 1.69. The van der Waals surface area contributed by atoms with Gasteiger partial charge >= 0.3 is 0 Å². The largest absolute Gasteiger partial charge is 0.299 e. The van der Waals surface area contributed by atoms with Crippen molar-refractivity contribution in [3.8, 4) is 0 Å². The highest BCUT2D eigenvalue weighted by molar-refractivity contribution is 5.38. The lowest BCUT2D eigenvalue weighted by molar-refractivity contribution is 0.185. The van der Waals surface area contributed by atoms with Gasteiger partial charge in [-0.2, -0.15) is 0 Å². The Bertz CT molecular complexity index is 116. The highest BCUT2D eigenvalue weighted by atomic mass is 16.1. The summed E-state index contributed by atoms with van der Waals surface area (Å²) < 4.78 is 0. The van der Waals surface area contributed by atoms with Crippen LogP contribution in [0.25, 0.3) is 0 Å². The number of hydrogen-bond donors (Lipinski definition) is 0. The van der Waals surface area contributed by atoms with Gasteiger partial charge in [0.1, 0.15) is 5.94 Å². The van der Waals surface area contributed by atoms with Gasteiger partial charge in [0.25, 0.3) is 0 Å². The maximum absolute atomic E-state index is 8.57. The summed E-state index contributed by atoms with van der Waals surface area (Å²) in [6.07, 6.45) is 0. The monoisotopic (exact) mass is 171 g/mol. The molecule has 0 aliphatic carbocycles. The Kier molecular flexibility index (Phi) is 9.90. The van der Waals surface area contributed by atoms with Crippen molar-refractivity contribution < 1.29 is 4.79 Å². The highest BCUT2D eigenvalue weighted by Gasteiger charge is 2.08. The molecule has 0 atom stereocenters. The minimum absolute atomic E-state index is 0.690. The van der Waals surface area contributed by atoms with E-state index in [1.54, 1.807) is 0 Å². The second-order valence-electron chi connectivity index (χ2n) is 3.16. The fourth-order valence-electron chi connectivity index (χ4n) is 1.33. The SMILES string of the molecule is C=C=O.CCN(C(C)C)C(C)C. The normalized spacial score (nSPS) is 9.67. The summed E-state index contributed by atoms with van der Waals surface area (Å²) in [5.41, 5.74) is 0. The van der Waals surface area contributed by atoms with E-state index in [2.05, 4.69) is 46.1 Å². The van der Waals surface area contributed by atoms with E-state index in [1.165, 1.54) is 5.94 Å². The van der Waals surface area contributed by atoms with Crippen LogP contribution in [-0.2, 0) is 4.79 Å². The molecule has 12 heavy (non-hydrogen) atoms. The van der Waals surface area contributed by atoms with E-state index < -0.39 is 0 Å². The summed E-state index contributed by atoms with van der Waals surface area (Å²) in [5, 5.41) is 0. The smallest absolute Gasteiger partial charge is 0.116 e. The fourth-order valence-corrected chi connectivity index (χ4v) is 1.33. The van der Waals surface area contributed by atoms with Gasteiger partial charge in [-0.25, -0.2) is 4.79 Å². The molecule has 0 spiro atoms. The van der Waals surface area contributed by atoms with Crippen LogP contribution in [0.3, 0.4) is 0 Å². The molecule has 0 aromatic heterocycles. The number of hydrogen-bond acceptors (Lipinski definition) is 2. The van der Waals surface area contributed by atoms with E-state index in [0.29, 0.717) is 12.1 Å². The standard InChI is InChI=1S/C8H19N.C2H2O/c1-6-9(7(2)3)8(4)5;1-2-3/h7-8H,6H2,1-5H3;1H2. The third kappa shape index (κ3) is 7.52. The minimum Gasteiger partial charge on any atom is -0.299 e. The van der Waals surface area contributed by atoms with Crippen LogP contribution < -0.4 is 0 Å². The van der Waals surface area contributed by atoms with Gasteiger partial charge in [0, 0.05) is 12.1 Å². The number of carbonyl (C=O) groups excluding carboxylic acids is 1. The van der Waals surface area contributed by atoms with E-state index in [9.17, 15) is 0 Å². The molecule has 2 heteroatoms. The summed E-state index contributed by atoms with van der Waals surface area (Å²) in [7, 11) is 0. The van der Waals surface area contributed by atoms with Crippen molar-refractivity contribution in [1.29, 1.82) is 0 Å². The van der Waals surface area contributed by atoms with E-state index in [-0.39, 0.29) is 0 Å². The molecule has 0 radical (unpaired) electrons. The summed E-state index contributed by atoms with van der Waals surface area (Å²) in [5.74, 6) is 1.25. The van der Waals surface area contributed by atoms with Gasteiger partial charge in [-0.1, -0.05) is 6.92 Å². The van der Waals surface area contributed by atoms with E-state index in [0.717, 1.165) is 6.54 Å². The zero-order chi connectivity index (χ0) is 10.1. The van der Waals surface area contributed by atoms with Crippen LogP contribution in [-0.4, -0.2) is 29.5 Å². The summed E-state index contributed by atoms with van der Waals surface area (Å²) >= 11 is 0. The molecule has 0 saturated carbocycles. The molecule has 0 fully saturated rings. The first-order valence-corrected chi connectivity index (χ1v) is 4.41. The fraction of sp³-hybridized carbons (Fsp3) is 0.800. The molecule has 0 N–H and O–H groups in total. The summed E-state index contributed by atoms with van der Waals surface area (Å²) in [6, 6.07) is 1.38. The lowest BCUT2D eigenvalue weighted by Crippen LogP contribution is -2.36. The van der Waals surface area contributed by atoms with Crippen LogP contribution in [0.1, 0.15) is 34.6 Å². The first kappa shape index (κ1) is 14.0. The van der Waals surface area contributed by atoms with Gasteiger partial charge in [-0.3, -0.25) is 4.90 Å². The Morgan fingerprint density at radius 3 is 1.50 bits per heavy atom. The third-order valence-corrected chi connectivity index (χ3v) is 1.69. The van der Waals surface area contributed by atoms with E-state index in [1.807, 2.05) is 0 Å². The number of nitrogens with zero attached hydrogens (tertiary/aromatic N) is 1. The predicted octanol–water partition coefficient (Wildman–Crippen LogP) is 2.13. The van der Waals surface area contributed by atoms with Gasteiger partial charge in [0.05, 0.1) is 0 Å². The molecule has 0 aromatic carbocycles. The van der Waals surface area contributed by atoms with Crippen molar-refractivity contribution >= 4 is 5.94 Å².